The van der Waals surface area contributed by atoms with E-state index in [2.05, 4.69) is 0 Å². The standard InChI is InChI=1S/C17H28O5.2Na/c1-12(7-6-10-17(3,4)22-5)8-9-14(16(20)21)13(2)11-15(18)19;;/h9,11-12H,6-8,10H2,1-5H3,(H,18,19)(H,20,21);;/q;2*+1/p-2/b13-11+,14-9-;;/t12-;;/m1../s1. The Morgan fingerprint density at radius 3 is 2.17 bits per heavy atom. The Morgan fingerprint density at radius 1 is 1.21 bits per heavy atom. The molecule has 0 aromatic heterocycles. The summed E-state index contributed by atoms with van der Waals surface area (Å²) >= 11 is 0. The molecule has 0 aliphatic rings. The van der Waals surface area contributed by atoms with E-state index < -0.39 is 11.9 Å². The molecule has 24 heavy (non-hydrogen) atoms. The van der Waals surface area contributed by atoms with Crippen LogP contribution in [0.4, 0.5) is 0 Å². The maximum atomic E-state index is 11.1. The fraction of sp³-hybridized carbons (Fsp3) is 0.647. The van der Waals surface area contributed by atoms with Crippen LogP contribution in [0.1, 0.15) is 53.4 Å². The van der Waals surface area contributed by atoms with Crippen molar-refractivity contribution >= 4 is 11.9 Å². The zero-order valence-corrected chi connectivity index (χ0v) is 20.1. The fourth-order valence-corrected chi connectivity index (χ4v) is 2.08. The Balaban J connectivity index is -0.00000220. The predicted octanol–water partition coefficient (Wildman–Crippen LogP) is -5.01. The summed E-state index contributed by atoms with van der Waals surface area (Å²) in [5.74, 6) is -2.50. The predicted molar refractivity (Wildman–Crippen MR) is 80.6 cm³/mol. The Kier molecular flexibility index (Phi) is 17.7. The minimum Gasteiger partial charge on any atom is -0.545 e. The quantitative estimate of drug-likeness (QED) is 0.222. The van der Waals surface area contributed by atoms with Crippen molar-refractivity contribution < 1.29 is 83.7 Å². The third-order valence-electron chi connectivity index (χ3n) is 3.73. The van der Waals surface area contributed by atoms with E-state index in [4.69, 9.17) is 4.74 Å². The molecule has 0 N–H and O–H groups in total. The molecule has 0 aliphatic heterocycles. The number of carbonyl (C=O) groups is 2. The van der Waals surface area contributed by atoms with Crippen molar-refractivity contribution in [1.82, 2.24) is 0 Å². The van der Waals surface area contributed by atoms with Gasteiger partial charge in [0.05, 0.1) is 17.5 Å². The van der Waals surface area contributed by atoms with Gasteiger partial charge in [0.15, 0.2) is 0 Å². The van der Waals surface area contributed by atoms with Crippen molar-refractivity contribution in [2.75, 3.05) is 7.11 Å². The average molecular weight is 356 g/mol. The van der Waals surface area contributed by atoms with E-state index in [0.717, 1.165) is 25.3 Å². The van der Waals surface area contributed by atoms with Gasteiger partial charge in [-0.1, -0.05) is 25.8 Å². The normalized spacial score (nSPS) is 13.5. The topological polar surface area (TPSA) is 89.5 Å². The smallest absolute Gasteiger partial charge is 0.545 e. The first-order chi connectivity index (χ1) is 10.1. The summed E-state index contributed by atoms with van der Waals surface area (Å²) in [6.07, 6.45) is 5.68. The van der Waals surface area contributed by atoms with Crippen molar-refractivity contribution in [1.29, 1.82) is 0 Å². The summed E-state index contributed by atoms with van der Waals surface area (Å²) in [6.45, 7) is 7.50. The first-order valence-electron chi connectivity index (χ1n) is 7.45. The van der Waals surface area contributed by atoms with Gasteiger partial charge in [-0.15, -0.1) is 0 Å². The number of hydrogen-bond acceptors (Lipinski definition) is 5. The largest absolute Gasteiger partial charge is 1.00 e. The van der Waals surface area contributed by atoms with Crippen LogP contribution in [0, 0.1) is 5.92 Å². The third kappa shape index (κ3) is 13.6. The molecule has 0 amide bonds. The zero-order valence-electron chi connectivity index (χ0n) is 16.1. The molecular weight excluding hydrogens is 330 g/mol. The summed E-state index contributed by atoms with van der Waals surface area (Å²) in [7, 11) is 1.69. The minimum absolute atomic E-state index is 0. The van der Waals surface area contributed by atoms with E-state index in [0.29, 0.717) is 6.42 Å². The van der Waals surface area contributed by atoms with Gasteiger partial charge in [-0.2, -0.15) is 0 Å². The average Bonchev–Trinajstić information content (AvgIpc) is 2.37. The molecule has 0 rings (SSSR count). The number of carbonyl (C=O) groups excluding carboxylic acids is 2. The summed E-state index contributed by atoms with van der Waals surface area (Å²) < 4.78 is 5.35. The zero-order chi connectivity index (χ0) is 17.3. The van der Waals surface area contributed by atoms with Crippen LogP contribution < -0.4 is 69.3 Å². The molecule has 0 aliphatic carbocycles. The molecule has 0 spiro atoms. The van der Waals surface area contributed by atoms with Crippen molar-refractivity contribution in [3.63, 3.8) is 0 Å². The van der Waals surface area contributed by atoms with Crippen molar-refractivity contribution in [2.24, 2.45) is 5.92 Å². The third-order valence-corrected chi connectivity index (χ3v) is 3.73. The molecule has 126 valence electrons. The van der Waals surface area contributed by atoms with E-state index in [-0.39, 0.29) is 81.8 Å². The molecule has 0 radical (unpaired) electrons. The van der Waals surface area contributed by atoms with Gasteiger partial charge in [0.25, 0.3) is 0 Å². The molecule has 0 saturated heterocycles. The van der Waals surface area contributed by atoms with Crippen LogP contribution in [0.15, 0.2) is 23.3 Å². The van der Waals surface area contributed by atoms with Crippen molar-refractivity contribution in [3.05, 3.63) is 23.3 Å². The van der Waals surface area contributed by atoms with Crippen LogP contribution >= 0.6 is 0 Å². The van der Waals surface area contributed by atoms with Gasteiger partial charge in [-0.25, -0.2) is 0 Å². The molecule has 0 unspecified atom stereocenters. The van der Waals surface area contributed by atoms with Gasteiger partial charge in [0.1, 0.15) is 0 Å². The number of rotatable bonds is 10. The molecular formula is C17H26Na2O5. The second-order valence-electron chi connectivity index (χ2n) is 6.25. The Bertz CT molecular complexity index is 456. The van der Waals surface area contributed by atoms with Crippen molar-refractivity contribution in [2.45, 2.75) is 59.0 Å². The molecule has 0 heterocycles. The minimum atomic E-state index is -1.42. The molecule has 1 atom stereocenters. The fourth-order valence-electron chi connectivity index (χ4n) is 2.08. The monoisotopic (exact) mass is 356 g/mol. The van der Waals surface area contributed by atoms with Crippen LogP contribution in [0.3, 0.4) is 0 Å². The van der Waals surface area contributed by atoms with Gasteiger partial charge in [0, 0.05) is 7.11 Å². The summed E-state index contributed by atoms with van der Waals surface area (Å²) in [5, 5.41) is 21.6. The van der Waals surface area contributed by atoms with Gasteiger partial charge in [-0.3, -0.25) is 0 Å². The van der Waals surface area contributed by atoms with E-state index in [9.17, 15) is 19.8 Å². The molecule has 0 aromatic rings. The molecule has 7 heteroatoms. The SMILES string of the molecule is COC(C)(C)CCC[C@@H](C)C/C=C(C(=O)[O-])/C(C)=C/C(=O)[O-].[Na+].[Na+]. The molecule has 0 aromatic carbocycles. The first-order valence-corrected chi connectivity index (χ1v) is 7.45. The first kappa shape index (κ1) is 29.2. The van der Waals surface area contributed by atoms with Gasteiger partial charge < -0.3 is 24.5 Å². The van der Waals surface area contributed by atoms with Gasteiger partial charge in [-0.05, 0) is 56.8 Å². The number of carboxylic acid groups (broad SMARTS) is 2. The molecule has 0 bridgehead atoms. The number of hydrogen-bond donors (Lipinski definition) is 0. The van der Waals surface area contributed by atoms with E-state index in [1.54, 1.807) is 7.11 Å². The Hall–Kier alpha value is 0.380. The number of aliphatic carboxylic acids is 2. The van der Waals surface area contributed by atoms with E-state index in [1.165, 1.54) is 13.0 Å². The van der Waals surface area contributed by atoms with Gasteiger partial charge in [0.2, 0.25) is 0 Å². The second-order valence-corrected chi connectivity index (χ2v) is 6.25. The summed E-state index contributed by atoms with van der Waals surface area (Å²) in [6, 6.07) is 0. The van der Waals surface area contributed by atoms with Crippen LogP contribution in [-0.4, -0.2) is 24.6 Å². The van der Waals surface area contributed by atoms with Crippen LogP contribution in [-0.2, 0) is 14.3 Å². The summed E-state index contributed by atoms with van der Waals surface area (Å²) in [4.78, 5) is 21.6. The van der Waals surface area contributed by atoms with Crippen LogP contribution in [0.2, 0.25) is 0 Å². The number of ether oxygens (including phenoxy) is 1. The van der Waals surface area contributed by atoms with Crippen LogP contribution in [0.5, 0.6) is 0 Å². The maximum Gasteiger partial charge on any atom is 1.00 e. The Labute approximate surface area is 189 Å². The maximum absolute atomic E-state index is 11.1. The number of carboxylic acids is 2. The van der Waals surface area contributed by atoms with Crippen molar-refractivity contribution in [3.8, 4) is 0 Å². The molecule has 0 fully saturated rings. The van der Waals surface area contributed by atoms with E-state index in [1.807, 2.05) is 20.8 Å². The molecule has 0 saturated carbocycles. The second kappa shape index (κ2) is 14.5. The summed E-state index contributed by atoms with van der Waals surface area (Å²) in [5.41, 5.74) is -0.111. The van der Waals surface area contributed by atoms with E-state index >= 15 is 0 Å². The molecule has 5 nitrogen and oxygen atoms in total. The number of allylic oxidation sites excluding steroid dienone is 1. The number of methoxy groups -OCH3 is 1. The van der Waals surface area contributed by atoms with Gasteiger partial charge >= 0.3 is 59.1 Å². The van der Waals surface area contributed by atoms with Crippen LogP contribution in [0.25, 0.3) is 0 Å². The Morgan fingerprint density at radius 2 is 1.75 bits per heavy atom.